The van der Waals surface area contributed by atoms with Gasteiger partial charge in [-0.15, -0.1) is 0 Å². The molecule has 4 heteroatoms. The highest BCUT2D eigenvalue weighted by Gasteiger charge is 2.22. The molecule has 2 N–H and O–H groups in total. The molecule has 0 spiro atoms. The second-order valence-corrected chi connectivity index (χ2v) is 4.62. The predicted octanol–water partition coefficient (Wildman–Crippen LogP) is 3.25. The Morgan fingerprint density at radius 1 is 1.05 bits per heavy atom. The highest BCUT2D eigenvalue weighted by Crippen LogP contribution is 2.37. The Labute approximate surface area is 115 Å². The Morgan fingerprint density at radius 3 is 2.40 bits per heavy atom. The molecule has 1 heterocycles. The number of carboxylic acids is 1. The summed E-state index contributed by atoms with van der Waals surface area (Å²) in [6, 6.07) is 14.1. The topological polar surface area (TPSA) is 62.5 Å². The van der Waals surface area contributed by atoms with Gasteiger partial charge in [-0.25, -0.2) is 4.79 Å². The fourth-order valence-corrected chi connectivity index (χ4v) is 2.60. The van der Waals surface area contributed by atoms with Gasteiger partial charge in [-0.1, -0.05) is 30.3 Å². The van der Waals surface area contributed by atoms with Crippen LogP contribution in [0.1, 0.15) is 10.4 Å². The van der Waals surface area contributed by atoms with Crippen molar-refractivity contribution in [3.05, 3.63) is 54.1 Å². The van der Waals surface area contributed by atoms with Gasteiger partial charge in [-0.05, 0) is 18.2 Å². The molecule has 0 radical (unpaired) electrons. The molecular weight excluding hydrogens is 254 g/mol. The van der Waals surface area contributed by atoms with E-state index in [-0.39, 0.29) is 11.3 Å². The van der Waals surface area contributed by atoms with E-state index >= 15 is 0 Å². The van der Waals surface area contributed by atoms with Gasteiger partial charge in [0.15, 0.2) is 0 Å². The van der Waals surface area contributed by atoms with Crippen LogP contribution in [0.4, 0.5) is 0 Å². The van der Waals surface area contributed by atoms with E-state index in [2.05, 4.69) is 0 Å². The van der Waals surface area contributed by atoms with Crippen LogP contribution in [0.5, 0.6) is 5.75 Å². The van der Waals surface area contributed by atoms with Gasteiger partial charge in [0, 0.05) is 23.5 Å². The van der Waals surface area contributed by atoms with Crippen LogP contribution in [0, 0.1) is 0 Å². The molecule has 100 valence electrons. The largest absolute Gasteiger partial charge is 0.507 e. The number of carboxylic acid groups (broad SMARTS) is 1. The van der Waals surface area contributed by atoms with Crippen LogP contribution < -0.4 is 0 Å². The second kappa shape index (κ2) is 4.42. The molecule has 2 aromatic carbocycles. The number of rotatable bonds is 2. The number of aromatic nitrogens is 1. The normalized spacial score (nSPS) is 10.8. The maximum absolute atomic E-state index is 11.6. The Kier molecular flexibility index (Phi) is 2.71. The number of aromatic hydroxyl groups is 1. The molecule has 0 aliphatic heterocycles. The Morgan fingerprint density at radius 2 is 1.70 bits per heavy atom. The third-order valence-electron chi connectivity index (χ3n) is 3.48. The van der Waals surface area contributed by atoms with E-state index in [4.69, 9.17) is 0 Å². The Hall–Kier alpha value is -2.75. The number of benzene rings is 2. The number of hydrogen-bond acceptors (Lipinski definition) is 2. The molecule has 0 saturated carbocycles. The van der Waals surface area contributed by atoms with Crippen molar-refractivity contribution in [1.82, 2.24) is 4.57 Å². The minimum Gasteiger partial charge on any atom is -0.507 e. The van der Waals surface area contributed by atoms with Crippen LogP contribution in [0.25, 0.3) is 22.2 Å². The molecule has 0 bridgehead atoms. The van der Waals surface area contributed by atoms with Crippen molar-refractivity contribution in [1.29, 1.82) is 0 Å². The number of phenols is 1. The molecule has 20 heavy (non-hydrogen) atoms. The highest BCUT2D eigenvalue weighted by molar-refractivity contribution is 6.10. The number of nitrogens with zero attached hydrogens (tertiary/aromatic N) is 1. The van der Waals surface area contributed by atoms with Gasteiger partial charge in [0.2, 0.25) is 0 Å². The SMILES string of the molecule is Cn1c(-c2ccccc2O)c(C(=O)O)c2ccccc21. The predicted molar refractivity (Wildman–Crippen MR) is 77.0 cm³/mol. The molecule has 4 nitrogen and oxygen atoms in total. The average molecular weight is 267 g/mol. The number of aryl methyl sites for hydroxylation is 1. The number of phenolic OH excluding ortho intramolecular Hbond substituents is 1. The number of para-hydroxylation sites is 2. The molecule has 0 unspecified atom stereocenters. The molecule has 0 fully saturated rings. The average Bonchev–Trinajstić information content (AvgIpc) is 2.73. The molecule has 3 aromatic rings. The first-order valence-corrected chi connectivity index (χ1v) is 6.20. The van der Waals surface area contributed by atoms with E-state index in [1.807, 2.05) is 18.2 Å². The first-order chi connectivity index (χ1) is 9.61. The van der Waals surface area contributed by atoms with Gasteiger partial charge in [0.1, 0.15) is 5.75 Å². The summed E-state index contributed by atoms with van der Waals surface area (Å²) in [6.45, 7) is 0. The lowest BCUT2D eigenvalue weighted by atomic mass is 10.0. The zero-order valence-corrected chi connectivity index (χ0v) is 10.9. The number of carbonyl (C=O) groups is 1. The van der Waals surface area contributed by atoms with Gasteiger partial charge in [0.05, 0.1) is 11.3 Å². The van der Waals surface area contributed by atoms with Crippen molar-refractivity contribution in [2.24, 2.45) is 7.05 Å². The second-order valence-electron chi connectivity index (χ2n) is 4.62. The van der Waals surface area contributed by atoms with Crippen molar-refractivity contribution in [3.8, 4) is 17.0 Å². The number of aromatic carboxylic acids is 1. The van der Waals surface area contributed by atoms with E-state index in [0.717, 1.165) is 5.52 Å². The van der Waals surface area contributed by atoms with Gasteiger partial charge in [-0.3, -0.25) is 0 Å². The smallest absolute Gasteiger partial charge is 0.338 e. The third-order valence-corrected chi connectivity index (χ3v) is 3.48. The Bertz CT molecular complexity index is 818. The summed E-state index contributed by atoms with van der Waals surface area (Å²) in [6.07, 6.45) is 0. The lowest BCUT2D eigenvalue weighted by molar-refractivity contribution is 0.0699. The molecule has 0 aliphatic carbocycles. The van der Waals surface area contributed by atoms with E-state index in [0.29, 0.717) is 16.6 Å². The van der Waals surface area contributed by atoms with Crippen LogP contribution >= 0.6 is 0 Å². The lowest BCUT2D eigenvalue weighted by Crippen LogP contribution is -2.00. The lowest BCUT2D eigenvalue weighted by Gasteiger charge is -2.08. The first kappa shape index (κ1) is 12.3. The number of fused-ring (bicyclic) bond motifs is 1. The third kappa shape index (κ3) is 1.66. The monoisotopic (exact) mass is 267 g/mol. The summed E-state index contributed by atoms with van der Waals surface area (Å²) < 4.78 is 1.80. The maximum atomic E-state index is 11.6. The summed E-state index contributed by atoms with van der Waals surface area (Å²) in [5.74, 6) is -0.930. The van der Waals surface area contributed by atoms with Crippen molar-refractivity contribution >= 4 is 16.9 Å². The minimum atomic E-state index is -1.000. The van der Waals surface area contributed by atoms with Gasteiger partial charge in [-0.2, -0.15) is 0 Å². The fourth-order valence-electron chi connectivity index (χ4n) is 2.60. The van der Waals surface area contributed by atoms with Crippen LogP contribution in [-0.4, -0.2) is 20.7 Å². The van der Waals surface area contributed by atoms with Crippen LogP contribution in [0.3, 0.4) is 0 Å². The standard InChI is InChI=1S/C16H13NO3/c1-17-12-8-4-2-6-10(12)14(16(19)20)15(17)11-7-3-5-9-13(11)18/h2-9,18H,1H3,(H,19,20). The van der Waals surface area contributed by atoms with Crippen molar-refractivity contribution < 1.29 is 15.0 Å². The van der Waals surface area contributed by atoms with Crippen LogP contribution in [0.2, 0.25) is 0 Å². The fraction of sp³-hybridized carbons (Fsp3) is 0.0625. The molecule has 0 saturated heterocycles. The molecule has 0 aliphatic rings. The van der Waals surface area contributed by atoms with Crippen molar-refractivity contribution in [3.63, 3.8) is 0 Å². The molecular formula is C16H13NO3. The van der Waals surface area contributed by atoms with Gasteiger partial charge in [0.25, 0.3) is 0 Å². The van der Waals surface area contributed by atoms with E-state index in [1.54, 1.807) is 41.9 Å². The van der Waals surface area contributed by atoms with E-state index < -0.39 is 5.97 Å². The molecule has 3 rings (SSSR count). The molecule has 1 aromatic heterocycles. The summed E-state index contributed by atoms with van der Waals surface area (Å²) in [5, 5.41) is 20.2. The minimum absolute atomic E-state index is 0.0703. The zero-order chi connectivity index (χ0) is 14.3. The van der Waals surface area contributed by atoms with E-state index in [1.165, 1.54) is 0 Å². The highest BCUT2D eigenvalue weighted by atomic mass is 16.4. The Balaban J connectivity index is 2.47. The van der Waals surface area contributed by atoms with Gasteiger partial charge >= 0.3 is 5.97 Å². The van der Waals surface area contributed by atoms with Crippen LogP contribution in [0.15, 0.2) is 48.5 Å². The number of hydrogen-bond donors (Lipinski definition) is 2. The maximum Gasteiger partial charge on any atom is 0.338 e. The quantitative estimate of drug-likeness (QED) is 0.749. The van der Waals surface area contributed by atoms with Crippen LogP contribution in [-0.2, 0) is 7.05 Å². The summed E-state index contributed by atoms with van der Waals surface area (Å²) in [4.78, 5) is 11.6. The van der Waals surface area contributed by atoms with Crippen molar-refractivity contribution in [2.75, 3.05) is 0 Å². The van der Waals surface area contributed by atoms with Crippen molar-refractivity contribution in [2.45, 2.75) is 0 Å². The molecule has 0 atom stereocenters. The van der Waals surface area contributed by atoms with E-state index in [9.17, 15) is 15.0 Å². The summed E-state index contributed by atoms with van der Waals surface area (Å²) >= 11 is 0. The molecule has 0 amide bonds. The summed E-state index contributed by atoms with van der Waals surface area (Å²) in [7, 11) is 1.80. The first-order valence-electron chi connectivity index (χ1n) is 6.20. The zero-order valence-electron chi connectivity index (χ0n) is 10.9. The summed E-state index contributed by atoms with van der Waals surface area (Å²) in [5.41, 5.74) is 2.06. The van der Waals surface area contributed by atoms with Gasteiger partial charge < -0.3 is 14.8 Å².